The van der Waals surface area contributed by atoms with Gasteiger partial charge in [-0.1, -0.05) is 72.8 Å². The third-order valence-corrected chi connectivity index (χ3v) is 7.24. The van der Waals surface area contributed by atoms with Crippen molar-refractivity contribution in [2.24, 2.45) is 23.7 Å². The van der Waals surface area contributed by atoms with E-state index in [4.69, 9.17) is 4.74 Å². The Morgan fingerprint density at radius 1 is 0.735 bits per heavy atom. The lowest BCUT2D eigenvalue weighted by Gasteiger charge is -2.21. The summed E-state index contributed by atoms with van der Waals surface area (Å²) in [7, 11) is 0. The highest BCUT2D eigenvalue weighted by molar-refractivity contribution is 6.23. The molecule has 1 aliphatic heterocycles. The molecule has 0 radical (unpaired) electrons. The molecule has 0 unspecified atom stereocenters. The van der Waals surface area contributed by atoms with E-state index in [2.05, 4.69) is 36.4 Å². The summed E-state index contributed by atoms with van der Waals surface area (Å²) in [4.78, 5) is 28.7. The van der Waals surface area contributed by atoms with Crippen molar-refractivity contribution in [3.05, 3.63) is 114 Å². The molecule has 4 atom stereocenters. The van der Waals surface area contributed by atoms with Gasteiger partial charge in [0, 0.05) is 11.8 Å². The summed E-state index contributed by atoms with van der Waals surface area (Å²) in [5.41, 5.74) is 5.18. The van der Waals surface area contributed by atoms with Crippen molar-refractivity contribution in [3.63, 3.8) is 0 Å². The summed E-state index contributed by atoms with van der Waals surface area (Å²) < 4.78 is 5.52. The van der Waals surface area contributed by atoms with Crippen molar-refractivity contribution < 1.29 is 14.3 Å². The maximum atomic E-state index is 13.7. The number of hydrogen-bond donors (Lipinski definition) is 0. The topological polar surface area (TPSA) is 46.6 Å². The van der Waals surface area contributed by atoms with Gasteiger partial charge in [-0.05, 0) is 53.5 Å². The molecule has 1 saturated heterocycles. The largest absolute Gasteiger partial charge is 0.494 e. The fourth-order valence-corrected chi connectivity index (χ4v) is 5.92. The number of benzene rings is 3. The predicted molar refractivity (Wildman–Crippen MR) is 132 cm³/mol. The molecule has 2 fully saturated rings. The van der Waals surface area contributed by atoms with E-state index in [1.165, 1.54) is 10.5 Å². The summed E-state index contributed by atoms with van der Waals surface area (Å²) in [5.74, 6) is -0.335. The van der Waals surface area contributed by atoms with Crippen molar-refractivity contribution in [2.45, 2.75) is 6.92 Å². The number of carbonyl (C=O) groups excluding carboxylic acids is 2. The lowest BCUT2D eigenvalue weighted by molar-refractivity contribution is -0.122. The number of hydrogen-bond acceptors (Lipinski definition) is 3. The Kier molecular flexibility index (Phi) is 4.95. The molecule has 3 aliphatic rings. The van der Waals surface area contributed by atoms with Gasteiger partial charge in [-0.15, -0.1) is 0 Å². The number of ether oxygens (including phenoxy) is 1. The first-order chi connectivity index (χ1) is 16.7. The van der Waals surface area contributed by atoms with E-state index < -0.39 is 0 Å². The molecule has 3 aromatic carbocycles. The summed E-state index contributed by atoms with van der Waals surface area (Å²) in [6.07, 6.45) is 4.28. The van der Waals surface area contributed by atoms with Crippen molar-refractivity contribution in [3.8, 4) is 5.75 Å². The molecule has 6 rings (SSSR count). The van der Waals surface area contributed by atoms with Crippen LogP contribution in [0.25, 0.3) is 5.57 Å². The molecule has 4 nitrogen and oxygen atoms in total. The number of allylic oxidation sites excluding steroid dienone is 3. The van der Waals surface area contributed by atoms with E-state index in [9.17, 15) is 9.59 Å². The first-order valence-corrected chi connectivity index (χ1v) is 11.8. The maximum absolute atomic E-state index is 13.7. The lowest BCUT2D eigenvalue weighted by Crippen LogP contribution is -2.33. The maximum Gasteiger partial charge on any atom is 0.238 e. The van der Waals surface area contributed by atoms with Crippen LogP contribution in [0.5, 0.6) is 5.75 Å². The number of amides is 2. The molecule has 3 aromatic rings. The Morgan fingerprint density at radius 2 is 1.24 bits per heavy atom. The van der Waals surface area contributed by atoms with Crippen LogP contribution in [0.4, 0.5) is 5.69 Å². The molecule has 0 aromatic heterocycles. The summed E-state index contributed by atoms with van der Waals surface area (Å²) in [5, 5.41) is 0. The van der Waals surface area contributed by atoms with Crippen LogP contribution < -0.4 is 9.64 Å². The number of nitrogens with zero attached hydrogens (tertiary/aromatic N) is 1. The number of rotatable bonds is 5. The molecule has 0 N–H and O–H groups in total. The van der Waals surface area contributed by atoms with Gasteiger partial charge in [-0.3, -0.25) is 9.59 Å². The summed E-state index contributed by atoms with van der Waals surface area (Å²) in [6, 6.07) is 27.8. The minimum absolute atomic E-state index is 0.0745. The Morgan fingerprint density at radius 3 is 1.71 bits per heavy atom. The Balaban J connectivity index is 1.42. The Labute approximate surface area is 199 Å². The number of carbonyl (C=O) groups is 2. The SMILES string of the molecule is CCOc1ccc(N2C(=O)[C@@H]3[C@@H](C2=O)[C@@H]2C=C[C@@H]3C2=C(c2ccccc2)c2ccccc2)cc1. The van der Waals surface area contributed by atoms with Crippen molar-refractivity contribution in [2.75, 3.05) is 11.5 Å². The second-order valence-electron chi connectivity index (χ2n) is 8.99. The normalized spacial score (nSPS) is 24.6. The third-order valence-electron chi connectivity index (χ3n) is 7.24. The van der Waals surface area contributed by atoms with Crippen molar-refractivity contribution in [1.29, 1.82) is 0 Å². The van der Waals surface area contributed by atoms with Gasteiger partial charge in [0.25, 0.3) is 0 Å². The fraction of sp³-hybridized carbons (Fsp3) is 0.200. The van der Waals surface area contributed by atoms with Gasteiger partial charge in [-0.25, -0.2) is 4.90 Å². The van der Waals surface area contributed by atoms with E-state index >= 15 is 0 Å². The lowest BCUT2D eigenvalue weighted by atomic mass is 9.85. The zero-order chi connectivity index (χ0) is 23.2. The molecular weight excluding hydrogens is 422 g/mol. The van der Waals surface area contributed by atoms with Crippen LogP contribution in [0.2, 0.25) is 0 Å². The molecule has 0 spiro atoms. The highest BCUT2D eigenvalue weighted by atomic mass is 16.5. The second kappa shape index (κ2) is 8.14. The fourth-order valence-electron chi connectivity index (χ4n) is 5.92. The monoisotopic (exact) mass is 447 g/mol. The van der Waals surface area contributed by atoms with Crippen molar-refractivity contribution in [1.82, 2.24) is 0 Å². The van der Waals surface area contributed by atoms with Crippen LogP contribution in [0.15, 0.2) is 103 Å². The molecule has 1 heterocycles. The van der Waals surface area contributed by atoms with Gasteiger partial charge in [0.15, 0.2) is 0 Å². The van der Waals surface area contributed by atoms with E-state index in [1.807, 2.05) is 55.5 Å². The minimum atomic E-state index is -0.355. The third kappa shape index (κ3) is 3.06. The molecule has 2 aliphatic carbocycles. The van der Waals surface area contributed by atoms with Gasteiger partial charge in [-0.2, -0.15) is 0 Å². The zero-order valence-corrected chi connectivity index (χ0v) is 18.9. The van der Waals surface area contributed by atoms with E-state index in [0.29, 0.717) is 12.3 Å². The van der Waals surface area contributed by atoms with Gasteiger partial charge < -0.3 is 4.74 Å². The van der Waals surface area contributed by atoms with Gasteiger partial charge >= 0.3 is 0 Å². The number of anilines is 1. The highest BCUT2D eigenvalue weighted by Crippen LogP contribution is 2.58. The van der Waals surface area contributed by atoms with Crippen LogP contribution in [0.3, 0.4) is 0 Å². The smallest absolute Gasteiger partial charge is 0.238 e. The molecule has 168 valence electrons. The van der Waals surface area contributed by atoms with E-state index in [1.54, 1.807) is 12.1 Å². The van der Waals surface area contributed by atoms with E-state index in [0.717, 1.165) is 22.4 Å². The van der Waals surface area contributed by atoms with Crippen molar-refractivity contribution >= 4 is 23.1 Å². The molecule has 4 heteroatoms. The molecule has 2 amide bonds. The summed E-state index contributed by atoms with van der Waals surface area (Å²) in [6.45, 7) is 2.50. The van der Waals surface area contributed by atoms with Gasteiger partial charge in [0.1, 0.15) is 5.75 Å². The van der Waals surface area contributed by atoms with Crippen LogP contribution in [-0.2, 0) is 9.59 Å². The average molecular weight is 448 g/mol. The minimum Gasteiger partial charge on any atom is -0.494 e. The molecular formula is C30H25NO3. The quantitative estimate of drug-likeness (QED) is 0.383. The standard InChI is InChI=1S/C30H25NO3/c1-2-34-22-15-13-21(14-16-22)31-29(32)27-23-17-18-24(28(27)30(31)33)26(23)25(19-9-5-3-6-10-19)20-11-7-4-8-12-20/h3-18,23-24,27-28H,2H2,1H3/t23-,24-,27+,28+/m1/s1. The van der Waals surface area contributed by atoms with E-state index in [-0.39, 0.29) is 35.5 Å². The zero-order valence-electron chi connectivity index (χ0n) is 18.9. The van der Waals surface area contributed by atoms with Gasteiger partial charge in [0.2, 0.25) is 11.8 Å². The summed E-state index contributed by atoms with van der Waals surface area (Å²) >= 11 is 0. The van der Waals surface area contributed by atoms with Crippen LogP contribution in [0.1, 0.15) is 18.1 Å². The predicted octanol–water partition coefficient (Wildman–Crippen LogP) is 5.51. The first-order valence-electron chi connectivity index (χ1n) is 11.8. The Hall–Kier alpha value is -3.92. The Bertz CT molecular complexity index is 1230. The molecule has 34 heavy (non-hydrogen) atoms. The molecule has 1 saturated carbocycles. The molecule has 2 bridgehead atoms. The van der Waals surface area contributed by atoms with Crippen LogP contribution in [0, 0.1) is 23.7 Å². The van der Waals surface area contributed by atoms with Crippen LogP contribution >= 0.6 is 0 Å². The number of fused-ring (bicyclic) bond motifs is 5. The highest BCUT2D eigenvalue weighted by Gasteiger charge is 2.62. The van der Waals surface area contributed by atoms with Crippen LogP contribution in [-0.4, -0.2) is 18.4 Å². The number of imide groups is 1. The van der Waals surface area contributed by atoms with Gasteiger partial charge in [0.05, 0.1) is 24.1 Å². The average Bonchev–Trinajstić information content (AvgIpc) is 3.51. The second-order valence-corrected chi connectivity index (χ2v) is 8.99. The first kappa shape index (κ1) is 20.7.